The van der Waals surface area contributed by atoms with Gasteiger partial charge >= 0.3 is 0 Å². The van der Waals surface area contributed by atoms with Crippen molar-refractivity contribution in [3.63, 3.8) is 0 Å². The van der Waals surface area contributed by atoms with Crippen molar-refractivity contribution < 1.29 is 9.13 Å². The number of hydrogen-bond donors (Lipinski definition) is 2. The Morgan fingerprint density at radius 3 is 2.96 bits per heavy atom. The highest BCUT2D eigenvalue weighted by Gasteiger charge is 2.06. The molecule has 0 fully saturated rings. The van der Waals surface area contributed by atoms with Crippen LogP contribution in [-0.4, -0.2) is 17.5 Å². The second kappa shape index (κ2) is 7.93. The van der Waals surface area contributed by atoms with Gasteiger partial charge in [-0.05, 0) is 25.1 Å². The molecule has 23 heavy (non-hydrogen) atoms. The molecule has 0 unspecified atom stereocenters. The number of rotatable bonds is 6. The Hall–Kier alpha value is -2.89. The third-order valence-electron chi connectivity index (χ3n) is 2.85. The number of ether oxygens (including phenoxy) is 1. The van der Waals surface area contributed by atoms with Crippen LogP contribution in [0.1, 0.15) is 12.5 Å². The van der Waals surface area contributed by atoms with Gasteiger partial charge < -0.3 is 15.8 Å². The summed E-state index contributed by atoms with van der Waals surface area (Å²) in [5, 5.41) is 2.95. The van der Waals surface area contributed by atoms with Crippen LogP contribution in [0.15, 0.2) is 59.7 Å². The predicted molar refractivity (Wildman–Crippen MR) is 88.9 cm³/mol. The molecule has 2 aromatic rings. The number of aliphatic imine (C=N–C) groups is 1. The summed E-state index contributed by atoms with van der Waals surface area (Å²) in [6.07, 6.45) is 1.60. The molecule has 0 amide bonds. The summed E-state index contributed by atoms with van der Waals surface area (Å²) in [6, 6.07) is 9.49. The van der Waals surface area contributed by atoms with Gasteiger partial charge in [0.1, 0.15) is 11.6 Å². The minimum absolute atomic E-state index is 0.299. The molecule has 0 atom stereocenters. The van der Waals surface area contributed by atoms with Crippen LogP contribution in [0.3, 0.4) is 0 Å². The average molecular weight is 314 g/mol. The maximum absolute atomic E-state index is 13.2. The Labute approximate surface area is 134 Å². The van der Waals surface area contributed by atoms with E-state index >= 15 is 0 Å². The van der Waals surface area contributed by atoms with E-state index in [1.807, 2.05) is 13.0 Å². The zero-order chi connectivity index (χ0) is 16.7. The summed E-state index contributed by atoms with van der Waals surface area (Å²) >= 11 is 0. The zero-order valence-electron chi connectivity index (χ0n) is 12.9. The van der Waals surface area contributed by atoms with Gasteiger partial charge in [0.15, 0.2) is 5.96 Å². The van der Waals surface area contributed by atoms with E-state index in [4.69, 9.17) is 10.5 Å². The largest absolute Gasteiger partial charge is 0.439 e. The van der Waals surface area contributed by atoms with Gasteiger partial charge in [-0.1, -0.05) is 24.3 Å². The predicted octanol–water partition coefficient (Wildman–Crippen LogP) is 2.99. The Morgan fingerprint density at radius 1 is 1.39 bits per heavy atom. The van der Waals surface area contributed by atoms with Crippen molar-refractivity contribution in [1.29, 1.82) is 0 Å². The lowest BCUT2D eigenvalue weighted by Crippen LogP contribution is -2.32. The lowest BCUT2D eigenvalue weighted by molar-refractivity contribution is 0.452. The molecule has 0 bridgehead atoms. The van der Waals surface area contributed by atoms with E-state index in [0.29, 0.717) is 30.7 Å². The maximum atomic E-state index is 13.2. The fourth-order valence-electron chi connectivity index (χ4n) is 1.75. The highest BCUT2D eigenvalue weighted by molar-refractivity contribution is 5.78. The SMILES string of the molecule is C=C(C)CNC(N)=NCc1cccnc1Oc1cccc(F)c1. The molecule has 0 radical (unpaired) electrons. The van der Waals surface area contributed by atoms with E-state index < -0.39 is 0 Å². The van der Waals surface area contributed by atoms with Crippen LogP contribution in [0.2, 0.25) is 0 Å². The Bertz CT molecular complexity index is 715. The molecule has 3 N–H and O–H groups in total. The fraction of sp³-hybridized carbons (Fsp3) is 0.176. The van der Waals surface area contributed by atoms with E-state index in [-0.39, 0.29) is 5.82 Å². The van der Waals surface area contributed by atoms with Crippen molar-refractivity contribution in [3.05, 3.63) is 66.1 Å². The number of benzene rings is 1. The second-order valence-electron chi connectivity index (χ2n) is 5.04. The summed E-state index contributed by atoms with van der Waals surface area (Å²) in [4.78, 5) is 8.40. The number of nitrogens with one attached hydrogen (secondary N) is 1. The third kappa shape index (κ3) is 5.43. The number of pyridine rings is 1. The van der Waals surface area contributed by atoms with Crippen LogP contribution in [-0.2, 0) is 6.54 Å². The lowest BCUT2D eigenvalue weighted by atomic mass is 10.2. The number of halogens is 1. The molecule has 1 heterocycles. The van der Waals surface area contributed by atoms with Crippen molar-refractivity contribution in [2.45, 2.75) is 13.5 Å². The molecule has 0 spiro atoms. The fourth-order valence-corrected chi connectivity index (χ4v) is 1.75. The molecule has 5 nitrogen and oxygen atoms in total. The molecule has 0 aliphatic rings. The highest BCUT2D eigenvalue weighted by Crippen LogP contribution is 2.23. The minimum atomic E-state index is -0.369. The Balaban J connectivity index is 2.08. The standard InChI is InChI=1S/C17H19FN4O/c1-12(2)10-21-17(19)22-11-13-5-4-8-20-16(13)23-15-7-3-6-14(18)9-15/h3-9H,1,10-11H2,2H3,(H3,19,21,22). The van der Waals surface area contributed by atoms with Crippen molar-refractivity contribution >= 4 is 5.96 Å². The van der Waals surface area contributed by atoms with Crippen molar-refractivity contribution in [2.75, 3.05) is 6.54 Å². The van der Waals surface area contributed by atoms with Crippen LogP contribution in [0.5, 0.6) is 11.6 Å². The summed E-state index contributed by atoms with van der Waals surface area (Å²) in [5.41, 5.74) is 7.48. The van der Waals surface area contributed by atoms with Gasteiger partial charge in [0.05, 0.1) is 6.54 Å². The van der Waals surface area contributed by atoms with Crippen LogP contribution >= 0.6 is 0 Å². The van der Waals surface area contributed by atoms with Crippen LogP contribution in [0.25, 0.3) is 0 Å². The first-order valence-electron chi connectivity index (χ1n) is 7.10. The van der Waals surface area contributed by atoms with Crippen LogP contribution < -0.4 is 15.8 Å². The minimum Gasteiger partial charge on any atom is -0.439 e. The van der Waals surface area contributed by atoms with Crippen LogP contribution in [0.4, 0.5) is 4.39 Å². The van der Waals surface area contributed by atoms with Gasteiger partial charge in [-0.15, -0.1) is 0 Å². The number of hydrogen-bond acceptors (Lipinski definition) is 3. The van der Waals surface area contributed by atoms with Crippen molar-refractivity contribution in [1.82, 2.24) is 10.3 Å². The molecule has 0 saturated heterocycles. The topological polar surface area (TPSA) is 72.5 Å². The normalized spacial score (nSPS) is 11.1. The van der Waals surface area contributed by atoms with Crippen LogP contribution in [0, 0.1) is 5.82 Å². The van der Waals surface area contributed by atoms with Gasteiger partial charge in [-0.25, -0.2) is 14.4 Å². The summed E-state index contributed by atoms with van der Waals surface area (Å²) in [7, 11) is 0. The van der Waals surface area contributed by atoms with Gasteiger partial charge in [0, 0.05) is 24.4 Å². The smallest absolute Gasteiger partial charge is 0.224 e. The molecule has 1 aromatic carbocycles. The molecule has 0 saturated carbocycles. The Kier molecular flexibility index (Phi) is 5.68. The zero-order valence-corrected chi connectivity index (χ0v) is 12.9. The van der Waals surface area contributed by atoms with E-state index in [1.165, 1.54) is 12.1 Å². The second-order valence-corrected chi connectivity index (χ2v) is 5.04. The van der Waals surface area contributed by atoms with E-state index in [2.05, 4.69) is 21.9 Å². The third-order valence-corrected chi connectivity index (χ3v) is 2.85. The molecule has 2 rings (SSSR count). The number of guanidine groups is 1. The number of aromatic nitrogens is 1. The first-order valence-corrected chi connectivity index (χ1v) is 7.10. The number of nitrogens with zero attached hydrogens (tertiary/aromatic N) is 2. The number of nitrogens with two attached hydrogens (primary N) is 1. The van der Waals surface area contributed by atoms with E-state index in [0.717, 1.165) is 11.1 Å². The summed E-state index contributed by atoms with van der Waals surface area (Å²) in [6.45, 7) is 6.54. The van der Waals surface area contributed by atoms with Gasteiger partial charge in [0.2, 0.25) is 5.88 Å². The first-order chi connectivity index (χ1) is 11.0. The van der Waals surface area contributed by atoms with E-state index in [9.17, 15) is 4.39 Å². The van der Waals surface area contributed by atoms with Crippen molar-refractivity contribution in [3.8, 4) is 11.6 Å². The quantitative estimate of drug-likeness (QED) is 0.488. The Morgan fingerprint density at radius 2 is 2.22 bits per heavy atom. The highest BCUT2D eigenvalue weighted by atomic mass is 19.1. The van der Waals surface area contributed by atoms with Gasteiger partial charge in [0.25, 0.3) is 0 Å². The lowest BCUT2D eigenvalue weighted by Gasteiger charge is -2.09. The molecular weight excluding hydrogens is 295 g/mol. The average Bonchev–Trinajstić information content (AvgIpc) is 2.52. The summed E-state index contributed by atoms with van der Waals surface area (Å²) < 4.78 is 18.8. The summed E-state index contributed by atoms with van der Waals surface area (Å²) in [5.74, 6) is 0.691. The monoisotopic (exact) mass is 314 g/mol. The van der Waals surface area contributed by atoms with Crippen molar-refractivity contribution in [2.24, 2.45) is 10.7 Å². The van der Waals surface area contributed by atoms with Gasteiger partial charge in [-0.3, -0.25) is 0 Å². The molecule has 6 heteroatoms. The first kappa shape index (κ1) is 16.5. The molecule has 0 aliphatic heterocycles. The van der Waals surface area contributed by atoms with E-state index in [1.54, 1.807) is 24.4 Å². The molecular formula is C17H19FN4O. The molecule has 120 valence electrons. The molecule has 0 aliphatic carbocycles. The molecule has 1 aromatic heterocycles. The maximum Gasteiger partial charge on any atom is 0.224 e. The van der Waals surface area contributed by atoms with Gasteiger partial charge in [-0.2, -0.15) is 0 Å².